The summed E-state index contributed by atoms with van der Waals surface area (Å²) in [6, 6.07) is 10.6. The topological polar surface area (TPSA) is 75.0 Å². The number of anilines is 1. The van der Waals surface area contributed by atoms with E-state index in [4.69, 9.17) is 9.84 Å². The minimum atomic E-state index is -0.233. The van der Waals surface area contributed by atoms with Crippen LogP contribution in [0.3, 0.4) is 0 Å². The molecule has 0 saturated carbocycles. The van der Waals surface area contributed by atoms with E-state index in [0.29, 0.717) is 17.9 Å². The van der Waals surface area contributed by atoms with Crippen LogP contribution in [-0.2, 0) is 4.74 Å². The molecule has 0 radical (unpaired) electrons. The molecule has 32 heavy (non-hydrogen) atoms. The molecular formula is C23H27FN6O2. The molecule has 0 aliphatic carbocycles. The molecule has 1 atom stereocenters. The van der Waals surface area contributed by atoms with Gasteiger partial charge in [0.15, 0.2) is 11.3 Å². The second-order valence-corrected chi connectivity index (χ2v) is 8.22. The Labute approximate surface area is 186 Å². The number of rotatable bonds is 6. The van der Waals surface area contributed by atoms with Crippen molar-refractivity contribution in [2.45, 2.75) is 18.9 Å². The number of hydrogen-bond donors (Lipinski definition) is 1. The Morgan fingerprint density at radius 2 is 2.06 bits per heavy atom. The van der Waals surface area contributed by atoms with Crippen LogP contribution in [0.15, 0.2) is 42.6 Å². The van der Waals surface area contributed by atoms with Crippen LogP contribution >= 0.6 is 0 Å². The highest BCUT2D eigenvalue weighted by molar-refractivity contribution is 5.93. The molecule has 1 N–H and O–H groups in total. The van der Waals surface area contributed by atoms with E-state index in [1.807, 2.05) is 18.2 Å². The van der Waals surface area contributed by atoms with Crippen molar-refractivity contribution >= 4 is 17.4 Å². The molecule has 1 aromatic carbocycles. The summed E-state index contributed by atoms with van der Waals surface area (Å²) >= 11 is 0. The summed E-state index contributed by atoms with van der Waals surface area (Å²) in [5, 5.41) is 7.71. The van der Waals surface area contributed by atoms with Gasteiger partial charge >= 0.3 is 0 Å². The standard InChI is InChI=1S/C23H27FN6O2/c24-18-4-1-3-17(15-18)19-5-2-9-29(19)22-7-6-21-26-16-20(30(21)27-22)23(31)25-8-10-28-11-13-32-14-12-28/h1,3-4,6-7,15-16,19H,2,5,8-14H2,(H,25,31). The maximum atomic E-state index is 13.8. The predicted octanol–water partition coefficient (Wildman–Crippen LogP) is 2.27. The highest BCUT2D eigenvalue weighted by atomic mass is 19.1. The number of nitrogens with zero attached hydrogens (tertiary/aromatic N) is 5. The molecule has 0 spiro atoms. The smallest absolute Gasteiger partial charge is 0.271 e. The molecule has 2 aromatic heterocycles. The lowest BCUT2D eigenvalue weighted by molar-refractivity contribution is 0.0383. The molecule has 168 valence electrons. The molecule has 1 amide bonds. The zero-order valence-corrected chi connectivity index (χ0v) is 17.9. The average Bonchev–Trinajstić information content (AvgIpc) is 3.47. The lowest BCUT2D eigenvalue weighted by atomic mass is 10.0. The molecule has 2 saturated heterocycles. The third-order valence-electron chi connectivity index (χ3n) is 6.18. The summed E-state index contributed by atoms with van der Waals surface area (Å²) in [5.41, 5.74) is 1.97. The molecule has 2 aliphatic heterocycles. The first-order valence-electron chi connectivity index (χ1n) is 11.1. The largest absolute Gasteiger partial charge is 0.379 e. The van der Waals surface area contributed by atoms with Crippen molar-refractivity contribution < 1.29 is 13.9 Å². The van der Waals surface area contributed by atoms with Gasteiger partial charge < -0.3 is 15.0 Å². The van der Waals surface area contributed by atoms with Crippen LogP contribution in [0.4, 0.5) is 10.2 Å². The summed E-state index contributed by atoms with van der Waals surface area (Å²) in [6.45, 7) is 5.42. The molecule has 1 unspecified atom stereocenters. The zero-order valence-electron chi connectivity index (χ0n) is 17.9. The fourth-order valence-corrected chi connectivity index (χ4v) is 4.52. The zero-order chi connectivity index (χ0) is 21.9. The van der Waals surface area contributed by atoms with Crippen LogP contribution in [0.2, 0.25) is 0 Å². The Hall–Kier alpha value is -3.04. The van der Waals surface area contributed by atoms with Gasteiger partial charge in [-0.3, -0.25) is 9.69 Å². The van der Waals surface area contributed by atoms with E-state index in [1.165, 1.54) is 6.07 Å². The minimum absolute atomic E-state index is 0.0602. The Balaban J connectivity index is 1.32. The summed E-state index contributed by atoms with van der Waals surface area (Å²) in [6.07, 6.45) is 3.49. The number of hydrogen-bond acceptors (Lipinski definition) is 6. The van der Waals surface area contributed by atoms with Crippen LogP contribution in [0.25, 0.3) is 5.65 Å². The van der Waals surface area contributed by atoms with Crippen LogP contribution < -0.4 is 10.2 Å². The maximum absolute atomic E-state index is 13.8. The van der Waals surface area contributed by atoms with Gasteiger partial charge in [0.25, 0.3) is 5.91 Å². The lowest BCUT2D eigenvalue weighted by Gasteiger charge is -2.26. The third kappa shape index (κ3) is 4.31. The SMILES string of the molecule is O=C(NCCN1CCOCC1)c1cnc2ccc(N3CCCC3c3cccc(F)c3)nn12. The number of imidazole rings is 1. The van der Waals surface area contributed by atoms with Crippen LogP contribution in [0, 0.1) is 5.82 Å². The van der Waals surface area contributed by atoms with Crippen molar-refractivity contribution in [1.82, 2.24) is 24.8 Å². The normalized spacial score (nSPS) is 19.5. The summed E-state index contributed by atoms with van der Waals surface area (Å²) in [4.78, 5) is 21.6. The summed E-state index contributed by atoms with van der Waals surface area (Å²) < 4.78 is 20.7. The number of aromatic nitrogens is 3. The van der Waals surface area contributed by atoms with Gasteiger partial charge in [-0.25, -0.2) is 13.9 Å². The molecular weight excluding hydrogens is 411 g/mol. The Kier molecular flexibility index (Phi) is 6.00. The Bertz CT molecular complexity index is 1100. The predicted molar refractivity (Wildman–Crippen MR) is 118 cm³/mol. The van der Waals surface area contributed by atoms with E-state index >= 15 is 0 Å². The van der Waals surface area contributed by atoms with Crippen molar-refractivity contribution in [3.05, 3.63) is 59.7 Å². The maximum Gasteiger partial charge on any atom is 0.271 e. The third-order valence-corrected chi connectivity index (χ3v) is 6.18. The molecule has 0 bridgehead atoms. The van der Waals surface area contributed by atoms with Crippen molar-refractivity contribution in [1.29, 1.82) is 0 Å². The van der Waals surface area contributed by atoms with Gasteiger partial charge in [0.1, 0.15) is 11.6 Å². The number of amides is 1. The average molecular weight is 439 g/mol. The van der Waals surface area contributed by atoms with Gasteiger partial charge in [0, 0.05) is 32.7 Å². The van der Waals surface area contributed by atoms with E-state index in [2.05, 4.69) is 20.1 Å². The minimum Gasteiger partial charge on any atom is -0.379 e. The van der Waals surface area contributed by atoms with Crippen molar-refractivity contribution in [2.24, 2.45) is 0 Å². The fraction of sp³-hybridized carbons (Fsp3) is 0.435. The van der Waals surface area contributed by atoms with E-state index in [-0.39, 0.29) is 17.8 Å². The number of carbonyl (C=O) groups is 1. The fourth-order valence-electron chi connectivity index (χ4n) is 4.52. The molecule has 5 rings (SSSR count). The number of morpholine rings is 1. The van der Waals surface area contributed by atoms with Crippen molar-refractivity contribution in [3.63, 3.8) is 0 Å². The van der Waals surface area contributed by atoms with Crippen LogP contribution in [-0.4, -0.2) is 71.3 Å². The molecule has 9 heteroatoms. The van der Waals surface area contributed by atoms with Crippen molar-refractivity contribution in [3.8, 4) is 0 Å². The number of ether oxygens (including phenoxy) is 1. The Morgan fingerprint density at radius 1 is 1.19 bits per heavy atom. The number of carbonyl (C=O) groups excluding carboxylic acids is 1. The highest BCUT2D eigenvalue weighted by Crippen LogP contribution is 2.35. The van der Waals surface area contributed by atoms with Gasteiger partial charge in [-0.15, -0.1) is 5.10 Å². The summed E-state index contributed by atoms with van der Waals surface area (Å²) in [5.74, 6) is 0.326. The van der Waals surface area contributed by atoms with Crippen LogP contribution in [0.1, 0.15) is 34.9 Å². The first-order valence-corrected chi connectivity index (χ1v) is 11.1. The van der Waals surface area contributed by atoms with E-state index in [1.54, 1.807) is 22.8 Å². The van der Waals surface area contributed by atoms with Gasteiger partial charge in [-0.1, -0.05) is 12.1 Å². The Morgan fingerprint density at radius 3 is 2.91 bits per heavy atom. The molecule has 2 fully saturated rings. The lowest BCUT2D eigenvalue weighted by Crippen LogP contribution is -2.41. The van der Waals surface area contributed by atoms with Gasteiger partial charge in [0.05, 0.1) is 25.5 Å². The first-order chi connectivity index (χ1) is 15.7. The monoisotopic (exact) mass is 438 g/mol. The molecule has 2 aliphatic rings. The van der Waals surface area contributed by atoms with Gasteiger partial charge in [-0.05, 0) is 42.7 Å². The van der Waals surface area contributed by atoms with E-state index in [9.17, 15) is 9.18 Å². The van der Waals surface area contributed by atoms with E-state index in [0.717, 1.165) is 63.6 Å². The summed E-state index contributed by atoms with van der Waals surface area (Å²) in [7, 11) is 0. The van der Waals surface area contributed by atoms with E-state index < -0.39 is 0 Å². The number of halogens is 1. The number of fused-ring (bicyclic) bond motifs is 1. The number of nitrogens with one attached hydrogen (secondary N) is 1. The molecule has 8 nitrogen and oxygen atoms in total. The van der Waals surface area contributed by atoms with Crippen molar-refractivity contribution in [2.75, 3.05) is 50.8 Å². The quantitative estimate of drug-likeness (QED) is 0.637. The van der Waals surface area contributed by atoms with Gasteiger partial charge in [-0.2, -0.15) is 0 Å². The molecule has 4 heterocycles. The van der Waals surface area contributed by atoms with Gasteiger partial charge in [0.2, 0.25) is 0 Å². The number of benzene rings is 1. The second-order valence-electron chi connectivity index (χ2n) is 8.22. The second kappa shape index (κ2) is 9.22. The highest BCUT2D eigenvalue weighted by Gasteiger charge is 2.28. The first kappa shape index (κ1) is 20.8. The molecule has 3 aromatic rings. The van der Waals surface area contributed by atoms with Crippen LogP contribution in [0.5, 0.6) is 0 Å².